The van der Waals surface area contributed by atoms with E-state index in [1.165, 1.54) is 10.4 Å². The molecule has 0 aliphatic heterocycles. The number of hydrogen-bond acceptors (Lipinski definition) is 3. The van der Waals surface area contributed by atoms with Crippen LogP contribution in [-0.2, 0) is 4.43 Å². The minimum Gasteiger partial charge on any atom is -0.409 e. The van der Waals surface area contributed by atoms with Crippen molar-refractivity contribution in [3.05, 3.63) is 60.7 Å². The number of aliphatic imine (C=N–C) groups is 1. The van der Waals surface area contributed by atoms with Gasteiger partial charge in [-0.1, -0.05) is 60.7 Å². The van der Waals surface area contributed by atoms with Gasteiger partial charge in [-0.3, -0.25) is 0 Å². The second-order valence-electron chi connectivity index (χ2n) is 4.60. The fourth-order valence-corrected chi connectivity index (χ4v) is 4.57. The average Bonchev–Trinajstić information content (AvgIpc) is 2.50. The predicted octanol–water partition coefficient (Wildman–Crippen LogP) is 2.03. The maximum absolute atomic E-state index is 6.19. The lowest BCUT2D eigenvalue weighted by molar-refractivity contribution is 0.311. The molecule has 20 heavy (non-hydrogen) atoms. The van der Waals surface area contributed by atoms with Gasteiger partial charge in [-0.25, -0.2) is 4.99 Å². The largest absolute Gasteiger partial charge is 0.409 e. The summed E-state index contributed by atoms with van der Waals surface area (Å²) < 4.78 is 6.19. The van der Waals surface area contributed by atoms with Gasteiger partial charge in [0.05, 0.1) is 17.8 Å². The van der Waals surface area contributed by atoms with Gasteiger partial charge in [0.25, 0.3) is 0 Å². The fraction of sp³-hybridized carbons (Fsp3) is 0.188. The molecule has 2 nitrogen and oxygen atoms in total. The molecule has 0 saturated carbocycles. The summed E-state index contributed by atoms with van der Waals surface area (Å²) in [5.74, 6) is 0. The summed E-state index contributed by atoms with van der Waals surface area (Å²) in [5.41, 5.74) is 0. The number of benzene rings is 2. The van der Waals surface area contributed by atoms with E-state index >= 15 is 0 Å². The van der Waals surface area contributed by atoms with E-state index in [0.717, 1.165) is 0 Å². The molecule has 0 aliphatic carbocycles. The molecular weight excluding hydrogens is 282 g/mol. The zero-order valence-corrected chi connectivity index (χ0v) is 13.4. The SMILES string of the molecule is CC(CO[SiH](c1ccccc1)c1ccccc1)N=C=S. The summed E-state index contributed by atoms with van der Waals surface area (Å²) in [5, 5.41) is 4.96. The molecule has 2 aromatic carbocycles. The minimum absolute atomic E-state index is 0.0509. The van der Waals surface area contributed by atoms with Crippen LogP contribution in [-0.4, -0.2) is 26.9 Å². The standard InChI is InChI=1S/C16H17NOSSi/c1-14(17-13-19)12-18-20(15-8-4-2-5-9-15)16-10-6-3-7-11-16/h2-11,14,20H,12H2,1H3. The Morgan fingerprint density at radius 1 is 1.05 bits per heavy atom. The molecule has 0 saturated heterocycles. The van der Waals surface area contributed by atoms with Crippen LogP contribution in [0.1, 0.15) is 6.92 Å². The Labute approximate surface area is 126 Å². The molecule has 0 radical (unpaired) electrons. The summed E-state index contributed by atoms with van der Waals surface area (Å²) in [6.45, 7) is 2.56. The number of hydrogen-bond donors (Lipinski definition) is 0. The van der Waals surface area contributed by atoms with Crippen LogP contribution in [0.4, 0.5) is 0 Å². The van der Waals surface area contributed by atoms with Crippen molar-refractivity contribution in [3.63, 3.8) is 0 Å². The highest BCUT2D eigenvalue weighted by Gasteiger charge is 2.18. The number of thiocarbonyl (C=S) groups is 1. The van der Waals surface area contributed by atoms with E-state index in [0.29, 0.717) is 6.61 Å². The van der Waals surface area contributed by atoms with Crippen molar-refractivity contribution in [2.75, 3.05) is 6.61 Å². The Morgan fingerprint density at radius 3 is 2.00 bits per heavy atom. The Morgan fingerprint density at radius 2 is 1.55 bits per heavy atom. The van der Waals surface area contributed by atoms with Crippen molar-refractivity contribution in [1.29, 1.82) is 0 Å². The molecule has 0 heterocycles. The maximum atomic E-state index is 6.19. The molecule has 4 heteroatoms. The third-order valence-electron chi connectivity index (χ3n) is 2.98. The topological polar surface area (TPSA) is 21.6 Å². The van der Waals surface area contributed by atoms with Crippen molar-refractivity contribution < 1.29 is 4.43 Å². The van der Waals surface area contributed by atoms with Gasteiger partial charge in [-0.15, -0.1) is 0 Å². The van der Waals surface area contributed by atoms with Crippen LogP contribution in [0.5, 0.6) is 0 Å². The zero-order valence-electron chi connectivity index (χ0n) is 11.4. The van der Waals surface area contributed by atoms with Gasteiger partial charge >= 0.3 is 0 Å². The molecule has 0 fully saturated rings. The molecule has 2 rings (SSSR count). The first kappa shape index (κ1) is 14.8. The first-order valence-electron chi connectivity index (χ1n) is 6.59. The minimum atomic E-state index is -1.65. The second kappa shape index (κ2) is 7.87. The number of rotatable bonds is 6. The molecule has 0 N–H and O–H groups in total. The molecule has 1 atom stereocenters. The molecular formula is C16H17NOSSi. The Hall–Kier alpha value is -1.58. The van der Waals surface area contributed by atoms with Crippen LogP contribution < -0.4 is 10.4 Å². The van der Waals surface area contributed by atoms with Gasteiger partial charge in [0, 0.05) is 0 Å². The van der Waals surface area contributed by atoms with Crippen molar-refractivity contribution in [2.45, 2.75) is 13.0 Å². The van der Waals surface area contributed by atoms with Gasteiger partial charge in [-0.2, -0.15) is 0 Å². The summed E-state index contributed by atoms with van der Waals surface area (Å²) >= 11 is 4.63. The van der Waals surface area contributed by atoms with Crippen LogP contribution in [0.3, 0.4) is 0 Å². The third kappa shape index (κ3) is 4.22. The number of isothiocyanates is 1. The summed E-state index contributed by atoms with van der Waals surface area (Å²) in [6, 6.07) is 20.9. The lowest BCUT2D eigenvalue weighted by Crippen LogP contribution is -2.45. The predicted molar refractivity (Wildman–Crippen MR) is 89.7 cm³/mol. The Bertz CT molecular complexity index is 530. The summed E-state index contributed by atoms with van der Waals surface area (Å²) in [4.78, 5) is 4.05. The molecule has 0 spiro atoms. The molecule has 102 valence electrons. The quantitative estimate of drug-likeness (QED) is 0.462. The lowest BCUT2D eigenvalue weighted by atomic mass is 10.4. The van der Waals surface area contributed by atoms with Crippen molar-refractivity contribution in [2.24, 2.45) is 4.99 Å². The van der Waals surface area contributed by atoms with E-state index in [-0.39, 0.29) is 6.04 Å². The molecule has 0 bridgehead atoms. The third-order valence-corrected chi connectivity index (χ3v) is 5.59. The fourth-order valence-electron chi connectivity index (χ4n) is 2.00. The second-order valence-corrected chi connectivity index (χ2v) is 7.21. The van der Waals surface area contributed by atoms with Crippen molar-refractivity contribution >= 4 is 36.8 Å². The van der Waals surface area contributed by atoms with Gasteiger partial charge < -0.3 is 4.43 Å². The van der Waals surface area contributed by atoms with E-state index < -0.39 is 9.04 Å². The van der Waals surface area contributed by atoms with Crippen LogP contribution in [0, 0.1) is 0 Å². The lowest BCUT2D eigenvalue weighted by Gasteiger charge is -2.18. The maximum Gasteiger partial charge on any atom is 0.239 e. The van der Waals surface area contributed by atoms with E-state index in [4.69, 9.17) is 4.43 Å². The van der Waals surface area contributed by atoms with Gasteiger partial charge in [0.1, 0.15) is 0 Å². The highest BCUT2D eigenvalue weighted by atomic mass is 32.1. The smallest absolute Gasteiger partial charge is 0.239 e. The zero-order chi connectivity index (χ0) is 14.2. The highest BCUT2D eigenvalue weighted by molar-refractivity contribution is 7.78. The van der Waals surface area contributed by atoms with Crippen LogP contribution in [0.15, 0.2) is 65.7 Å². The van der Waals surface area contributed by atoms with Crippen molar-refractivity contribution in [1.82, 2.24) is 0 Å². The molecule has 2 aromatic rings. The first-order chi connectivity index (χ1) is 9.81. The monoisotopic (exact) mass is 299 g/mol. The van der Waals surface area contributed by atoms with E-state index in [1.807, 2.05) is 19.1 Å². The molecule has 0 aliphatic rings. The Balaban J connectivity index is 2.19. The van der Waals surface area contributed by atoms with E-state index in [1.54, 1.807) is 0 Å². The normalized spacial score (nSPS) is 11.9. The van der Waals surface area contributed by atoms with Crippen LogP contribution >= 0.6 is 12.2 Å². The Kier molecular flexibility index (Phi) is 5.83. The average molecular weight is 299 g/mol. The molecule has 1 unspecified atom stereocenters. The molecule has 0 amide bonds. The summed E-state index contributed by atoms with van der Waals surface area (Å²) in [6.07, 6.45) is 0. The highest BCUT2D eigenvalue weighted by Crippen LogP contribution is 1.97. The van der Waals surface area contributed by atoms with E-state index in [2.05, 4.69) is 70.9 Å². The van der Waals surface area contributed by atoms with Gasteiger partial charge in [0.15, 0.2) is 0 Å². The van der Waals surface area contributed by atoms with Gasteiger partial charge in [-0.05, 0) is 29.5 Å². The molecule has 0 aromatic heterocycles. The first-order valence-corrected chi connectivity index (χ1v) is 8.63. The van der Waals surface area contributed by atoms with Crippen LogP contribution in [0.25, 0.3) is 0 Å². The number of nitrogens with zero attached hydrogens (tertiary/aromatic N) is 1. The van der Waals surface area contributed by atoms with Crippen LogP contribution in [0.2, 0.25) is 0 Å². The van der Waals surface area contributed by atoms with E-state index in [9.17, 15) is 0 Å². The summed E-state index contributed by atoms with van der Waals surface area (Å²) in [7, 11) is -1.65. The van der Waals surface area contributed by atoms with Crippen molar-refractivity contribution in [3.8, 4) is 0 Å². The van der Waals surface area contributed by atoms with Gasteiger partial charge in [0.2, 0.25) is 9.04 Å².